The second-order valence-corrected chi connectivity index (χ2v) is 10.9. The predicted octanol–water partition coefficient (Wildman–Crippen LogP) is 7.34. The van der Waals surface area contributed by atoms with Crippen molar-refractivity contribution < 1.29 is 0 Å². The van der Waals surface area contributed by atoms with Crippen molar-refractivity contribution in [2.75, 3.05) is 0 Å². The maximum absolute atomic E-state index is 6.48. The molecule has 0 bridgehead atoms. The Morgan fingerprint density at radius 1 is 0.727 bits per heavy atom. The number of nitrogens with two attached hydrogens (primary N) is 1. The normalized spacial score (nSPS) is 19.3. The first-order valence-corrected chi connectivity index (χ1v) is 11.6. The van der Waals surface area contributed by atoms with Crippen molar-refractivity contribution in [1.29, 1.82) is 0 Å². The van der Waals surface area contributed by atoms with E-state index in [2.05, 4.69) is 75.1 Å². The first kappa shape index (κ1) is 25.7. The average molecular weight is 485 g/mol. The summed E-state index contributed by atoms with van der Waals surface area (Å²) in [5.74, 6) is 0.765. The van der Waals surface area contributed by atoms with Gasteiger partial charge in [0, 0.05) is 22.9 Å². The third kappa shape index (κ3) is 4.56. The van der Waals surface area contributed by atoms with E-state index >= 15 is 0 Å². The lowest BCUT2D eigenvalue weighted by Crippen LogP contribution is -2.43. The summed E-state index contributed by atoms with van der Waals surface area (Å²) in [6, 6.07) is 17.4. The quantitative estimate of drug-likeness (QED) is 0.423. The molecule has 0 radical (unpaired) electrons. The molecule has 0 saturated heterocycles. The summed E-state index contributed by atoms with van der Waals surface area (Å²) in [6.07, 6.45) is 7.67. The second-order valence-electron chi connectivity index (χ2n) is 10.9. The predicted molar refractivity (Wildman–Crippen MR) is 142 cm³/mol. The summed E-state index contributed by atoms with van der Waals surface area (Å²) >= 11 is 0. The Hall–Kier alpha value is -1.94. The Morgan fingerprint density at radius 3 is 1.94 bits per heavy atom. The van der Waals surface area contributed by atoms with Gasteiger partial charge in [-0.15, -0.1) is 24.8 Å². The van der Waals surface area contributed by atoms with E-state index in [1.165, 1.54) is 41.5 Å². The van der Waals surface area contributed by atoms with E-state index in [0.717, 1.165) is 29.9 Å². The number of hydrogen-bond acceptors (Lipinski definition) is 3. The number of nitrogens with zero attached hydrogens (tertiary/aromatic N) is 2. The summed E-state index contributed by atoms with van der Waals surface area (Å²) < 4.78 is 0. The minimum absolute atomic E-state index is 0. The molecule has 2 aromatic carbocycles. The molecule has 0 atom stereocenters. The zero-order chi connectivity index (χ0) is 21.9. The molecule has 5 heteroatoms. The number of halogens is 2. The Balaban J connectivity index is 0.00000153. The molecule has 2 aliphatic rings. The van der Waals surface area contributed by atoms with Crippen LogP contribution in [0.1, 0.15) is 76.5 Å². The number of rotatable bonds is 3. The van der Waals surface area contributed by atoms with E-state index < -0.39 is 0 Å². The van der Waals surface area contributed by atoms with Crippen molar-refractivity contribution in [2.24, 2.45) is 5.73 Å². The minimum Gasteiger partial charge on any atom is -0.321 e. The van der Waals surface area contributed by atoms with Crippen LogP contribution in [0.3, 0.4) is 0 Å². The smallest absolute Gasteiger partial charge is 0.159 e. The van der Waals surface area contributed by atoms with Gasteiger partial charge in [0.05, 0.1) is 5.69 Å². The molecular weight excluding hydrogens is 449 g/mol. The van der Waals surface area contributed by atoms with Crippen LogP contribution in [-0.4, -0.2) is 9.97 Å². The summed E-state index contributed by atoms with van der Waals surface area (Å²) in [4.78, 5) is 9.49. The van der Waals surface area contributed by atoms with Gasteiger partial charge in [-0.25, -0.2) is 9.97 Å². The molecule has 3 nitrogen and oxygen atoms in total. The van der Waals surface area contributed by atoms with Crippen molar-refractivity contribution in [3.63, 3.8) is 0 Å². The Kier molecular flexibility index (Phi) is 7.02. The van der Waals surface area contributed by atoms with E-state index in [0.29, 0.717) is 0 Å². The number of fused-ring (bicyclic) bond motifs is 1. The third-order valence-electron chi connectivity index (χ3n) is 7.77. The van der Waals surface area contributed by atoms with E-state index in [1.54, 1.807) is 0 Å². The highest BCUT2D eigenvalue weighted by molar-refractivity contribution is 5.85. The van der Waals surface area contributed by atoms with Crippen LogP contribution in [0.5, 0.6) is 0 Å². The van der Waals surface area contributed by atoms with Crippen molar-refractivity contribution >= 4 is 24.8 Å². The molecular formula is C28H35Cl2N3. The zero-order valence-electron chi connectivity index (χ0n) is 20.0. The van der Waals surface area contributed by atoms with E-state index in [9.17, 15) is 0 Å². The summed E-state index contributed by atoms with van der Waals surface area (Å²) in [6.45, 7) is 9.46. The van der Waals surface area contributed by atoms with Crippen molar-refractivity contribution in [2.45, 2.75) is 76.2 Å². The van der Waals surface area contributed by atoms with Crippen molar-refractivity contribution in [3.8, 4) is 22.6 Å². The highest BCUT2D eigenvalue weighted by Gasteiger charge is 2.37. The first-order chi connectivity index (χ1) is 14.7. The van der Waals surface area contributed by atoms with Gasteiger partial charge in [0.1, 0.15) is 0 Å². The fraction of sp³-hybridized carbons (Fsp3) is 0.429. The molecule has 3 aromatic rings. The van der Waals surface area contributed by atoms with Crippen LogP contribution >= 0.6 is 24.8 Å². The maximum Gasteiger partial charge on any atom is 0.159 e. The Morgan fingerprint density at radius 2 is 1.33 bits per heavy atom. The first-order valence-electron chi connectivity index (χ1n) is 11.6. The third-order valence-corrected chi connectivity index (χ3v) is 7.77. The van der Waals surface area contributed by atoms with Crippen LogP contribution < -0.4 is 5.73 Å². The SMILES string of the molecule is CC1(C)CCC(C)(C)c2cc(-c3ccnc(-c4ccc(C5(N)CCC5)cc4)n3)ccc21.Cl.Cl. The highest BCUT2D eigenvalue weighted by Crippen LogP contribution is 2.46. The minimum atomic E-state index is -0.134. The molecule has 1 heterocycles. The molecule has 1 fully saturated rings. The van der Waals surface area contributed by atoms with Crippen LogP contribution in [0.2, 0.25) is 0 Å². The number of hydrogen-bond donors (Lipinski definition) is 1. The monoisotopic (exact) mass is 483 g/mol. The Labute approximate surface area is 210 Å². The van der Waals surface area contributed by atoms with Gasteiger partial charge in [-0.05, 0) is 71.8 Å². The van der Waals surface area contributed by atoms with Crippen molar-refractivity contribution in [3.05, 3.63) is 71.4 Å². The van der Waals surface area contributed by atoms with Crippen LogP contribution in [0.15, 0.2) is 54.7 Å². The number of aromatic nitrogens is 2. The lowest BCUT2D eigenvalue weighted by Gasteiger charge is -2.42. The largest absolute Gasteiger partial charge is 0.321 e. The molecule has 0 aliphatic heterocycles. The molecule has 1 saturated carbocycles. The molecule has 1 aromatic heterocycles. The van der Waals surface area contributed by atoms with Gasteiger partial charge in [-0.3, -0.25) is 0 Å². The summed E-state index contributed by atoms with van der Waals surface area (Å²) in [5.41, 5.74) is 14.1. The topological polar surface area (TPSA) is 51.8 Å². The second kappa shape index (κ2) is 9.02. The lowest BCUT2D eigenvalue weighted by atomic mass is 9.63. The molecule has 5 rings (SSSR count). The summed E-state index contributed by atoms with van der Waals surface area (Å²) in [7, 11) is 0. The maximum atomic E-state index is 6.48. The van der Waals surface area contributed by atoms with E-state index in [-0.39, 0.29) is 41.2 Å². The Bertz CT molecular complexity index is 1130. The number of benzene rings is 2. The molecule has 0 amide bonds. The van der Waals surface area contributed by atoms with Crippen molar-refractivity contribution in [1.82, 2.24) is 9.97 Å². The molecule has 176 valence electrons. The van der Waals surface area contributed by atoms with Gasteiger partial charge in [0.25, 0.3) is 0 Å². The highest BCUT2D eigenvalue weighted by atomic mass is 35.5. The van der Waals surface area contributed by atoms with Gasteiger partial charge < -0.3 is 5.73 Å². The summed E-state index contributed by atoms with van der Waals surface area (Å²) in [5, 5.41) is 0. The molecule has 0 spiro atoms. The van der Waals surface area contributed by atoms with Gasteiger partial charge in [-0.2, -0.15) is 0 Å². The van der Waals surface area contributed by atoms with E-state index in [1.807, 2.05) is 12.3 Å². The fourth-order valence-electron chi connectivity index (χ4n) is 5.20. The fourth-order valence-corrected chi connectivity index (χ4v) is 5.20. The van der Waals surface area contributed by atoms with Gasteiger partial charge in [-0.1, -0.05) is 64.1 Å². The molecule has 0 unspecified atom stereocenters. The van der Waals surface area contributed by atoms with Crippen LogP contribution in [0, 0.1) is 0 Å². The van der Waals surface area contributed by atoms with Gasteiger partial charge >= 0.3 is 0 Å². The van der Waals surface area contributed by atoms with Crippen LogP contribution in [0.25, 0.3) is 22.6 Å². The molecule has 33 heavy (non-hydrogen) atoms. The zero-order valence-corrected chi connectivity index (χ0v) is 21.7. The standard InChI is InChI=1S/C28H33N3.2ClH/c1-26(2)15-16-27(3,4)23-18-20(8-11-22(23)26)24-12-17-30-25(31-24)19-6-9-21(10-7-19)28(29)13-5-14-28;;/h6-12,17-18H,5,13-16,29H2,1-4H3;2*1H. The van der Waals surface area contributed by atoms with Crippen LogP contribution in [-0.2, 0) is 16.4 Å². The molecule has 2 aliphatic carbocycles. The van der Waals surface area contributed by atoms with Gasteiger partial charge in [0.2, 0.25) is 0 Å². The van der Waals surface area contributed by atoms with E-state index in [4.69, 9.17) is 10.7 Å². The molecule has 2 N–H and O–H groups in total. The van der Waals surface area contributed by atoms with Crippen LogP contribution in [0.4, 0.5) is 0 Å². The van der Waals surface area contributed by atoms with Gasteiger partial charge in [0.15, 0.2) is 5.82 Å². The average Bonchev–Trinajstić information content (AvgIpc) is 2.75. The lowest BCUT2D eigenvalue weighted by molar-refractivity contribution is 0.253.